The largest absolute Gasteiger partial charge is 0.456 e. The summed E-state index contributed by atoms with van der Waals surface area (Å²) in [6, 6.07) is 4.37. The second kappa shape index (κ2) is 9.53. The van der Waals surface area contributed by atoms with Crippen LogP contribution in [0.3, 0.4) is 0 Å². The number of aliphatic hydroxyl groups excluding tert-OH is 1. The van der Waals surface area contributed by atoms with Crippen molar-refractivity contribution in [1.29, 1.82) is 0 Å². The molecular weight excluding hydrogens is 370 g/mol. The first kappa shape index (κ1) is 25.4. The van der Waals surface area contributed by atoms with Crippen molar-refractivity contribution in [3.63, 3.8) is 0 Å². The molecule has 0 unspecified atom stereocenters. The van der Waals surface area contributed by atoms with Crippen molar-refractivity contribution < 1.29 is 24.2 Å². The molecule has 0 amide bonds. The maximum absolute atomic E-state index is 12.6. The number of hydrogen-bond donors (Lipinski definition) is 2. The molecule has 2 N–H and O–H groups in total. The lowest BCUT2D eigenvalue weighted by Crippen LogP contribution is -2.30. The molecule has 0 aliphatic heterocycles. The van der Waals surface area contributed by atoms with E-state index in [9.17, 15) is 14.7 Å². The van der Waals surface area contributed by atoms with E-state index in [1.165, 1.54) is 12.1 Å². The minimum absolute atomic E-state index is 0. The molecule has 27 heavy (non-hydrogen) atoms. The lowest BCUT2D eigenvalue weighted by molar-refractivity contribution is 0.00182. The number of esters is 2. The third-order valence-corrected chi connectivity index (χ3v) is 3.55. The van der Waals surface area contributed by atoms with Gasteiger partial charge in [0.1, 0.15) is 11.2 Å². The van der Waals surface area contributed by atoms with Crippen molar-refractivity contribution in [2.24, 2.45) is 0 Å². The fourth-order valence-corrected chi connectivity index (χ4v) is 2.21. The summed E-state index contributed by atoms with van der Waals surface area (Å²) >= 11 is 0. The molecule has 0 radical (unpaired) electrons. The molecule has 0 saturated heterocycles. The Labute approximate surface area is 168 Å². The van der Waals surface area contributed by atoms with E-state index in [1.54, 1.807) is 54.7 Å². The molecule has 6 nitrogen and oxygen atoms in total. The predicted molar refractivity (Wildman–Crippen MR) is 108 cm³/mol. The lowest BCUT2D eigenvalue weighted by atomic mass is 9.97. The molecule has 1 aromatic carbocycles. The van der Waals surface area contributed by atoms with Gasteiger partial charge in [-0.2, -0.15) is 0 Å². The van der Waals surface area contributed by atoms with Gasteiger partial charge >= 0.3 is 11.9 Å². The molecule has 0 saturated carbocycles. The zero-order valence-electron chi connectivity index (χ0n) is 17.4. The number of aliphatic hydroxyl groups is 1. The molecule has 1 rings (SSSR count). The van der Waals surface area contributed by atoms with Crippen molar-refractivity contribution in [1.82, 2.24) is 5.32 Å². The van der Waals surface area contributed by atoms with Crippen LogP contribution in [0.1, 0.15) is 80.8 Å². The Balaban J connectivity index is 0.00000676. The van der Waals surface area contributed by atoms with E-state index in [0.29, 0.717) is 5.56 Å². The monoisotopic (exact) mass is 401 g/mol. The summed E-state index contributed by atoms with van der Waals surface area (Å²) in [6.07, 6.45) is -0.839. The van der Waals surface area contributed by atoms with Crippen LogP contribution in [-0.4, -0.2) is 41.3 Å². The molecule has 0 aromatic heterocycles. The Morgan fingerprint density at radius 1 is 0.963 bits per heavy atom. The van der Waals surface area contributed by atoms with Crippen molar-refractivity contribution in [3.05, 3.63) is 34.9 Å². The van der Waals surface area contributed by atoms with Gasteiger partial charge in [0.05, 0.1) is 17.2 Å². The third kappa shape index (κ3) is 7.87. The van der Waals surface area contributed by atoms with E-state index in [-0.39, 0.29) is 29.6 Å². The molecule has 0 fully saturated rings. The van der Waals surface area contributed by atoms with Gasteiger partial charge in [-0.25, -0.2) is 9.59 Å². The lowest BCUT2D eigenvalue weighted by Gasteiger charge is -2.24. The number of rotatable bonds is 5. The van der Waals surface area contributed by atoms with Gasteiger partial charge in [0.15, 0.2) is 0 Å². The average molecular weight is 402 g/mol. The number of carbonyl (C=O) groups is 2. The highest BCUT2D eigenvalue weighted by Crippen LogP contribution is 2.24. The van der Waals surface area contributed by atoms with Crippen molar-refractivity contribution in [3.8, 4) is 0 Å². The Morgan fingerprint density at radius 3 is 1.81 bits per heavy atom. The summed E-state index contributed by atoms with van der Waals surface area (Å²) in [7, 11) is 1.73. The van der Waals surface area contributed by atoms with E-state index >= 15 is 0 Å². The standard InChI is InChI=1S/C20H31NO5.ClH/c1-12(21-8)16(22)13-9-10-14(17(23)25-19(2,3)4)15(11-13)18(24)26-20(5,6)7;/h9-12,16,21-22H,1-8H3;1H/t12-,16-;/m0./s1. The minimum atomic E-state index is -0.839. The molecule has 0 spiro atoms. The second-order valence-corrected chi connectivity index (χ2v) is 8.33. The molecule has 0 aliphatic rings. The van der Waals surface area contributed by atoms with Gasteiger partial charge in [0, 0.05) is 6.04 Å². The van der Waals surface area contributed by atoms with Crippen LogP contribution < -0.4 is 5.32 Å². The molecule has 1 aromatic rings. The first-order valence-corrected chi connectivity index (χ1v) is 8.71. The highest BCUT2D eigenvalue weighted by atomic mass is 35.5. The molecule has 2 atom stereocenters. The maximum Gasteiger partial charge on any atom is 0.339 e. The van der Waals surface area contributed by atoms with Gasteiger partial charge in [-0.3, -0.25) is 0 Å². The Kier molecular flexibility index (Phi) is 8.96. The van der Waals surface area contributed by atoms with Gasteiger partial charge in [0.25, 0.3) is 0 Å². The molecule has 0 bridgehead atoms. The molecule has 0 heterocycles. The zero-order chi connectivity index (χ0) is 20.3. The van der Waals surface area contributed by atoms with Gasteiger partial charge in [-0.1, -0.05) is 6.07 Å². The quantitative estimate of drug-likeness (QED) is 0.732. The summed E-state index contributed by atoms with van der Waals surface area (Å²) in [5.41, 5.74) is -0.702. The Morgan fingerprint density at radius 2 is 1.41 bits per heavy atom. The number of hydrogen-bond acceptors (Lipinski definition) is 6. The van der Waals surface area contributed by atoms with Crippen molar-refractivity contribution >= 4 is 24.3 Å². The number of carbonyl (C=O) groups excluding carboxylic acids is 2. The molecule has 7 heteroatoms. The number of likely N-dealkylation sites (N-methyl/N-ethyl adjacent to an activating group) is 1. The first-order chi connectivity index (χ1) is 11.7. The normalized spacial score (nSPS) is 14.0. The van der Waals surface area contributed by atoms with Crippen LogP contribution in [0, 0.1) is 0 Å². The summed E-state index contributed by atoms with van der Waals surface area (Å²) in [4.78, 5) is 25.2. The van der Waals surface area contributed by atoms with Crippen LogP contribution in [-0.2, 0) is 9.47 Å². The number of halogens is 1. The summed E-state index contributed by atoms with van der Waals surface area (Å²) < 4.78 is 10.8. The van der Waals surface area contributed by atoms with Crippen LogP contribution in [0.2, 0.25) is 0 Å². The SMILES string of the molecule is CN[C@@H](C)[C@H](O)c1ccc(C(=O)OC(C)(C)C)c(C(=O)OC(C)(C)C)c1.Cl. The van der Waals surface area contributed by atoms with E-state index in [1.807, 2.05) is 6.92 Å². The average Bonchev–Trinajstić information content (AvgIpc) is 2.49. The topological polar surface area (TPSA) is 84.9 Å². The highest BCUT2D eigenvalue weighted by molar-refractivity contribution is 6.03. The Hall–Kier alpha value is -1.63. The van der Waals surface area contributed by atoms with E-state index in [0.717, 1.165) is 0 Å². The number of benzene rings is 1. The Bertz CT molecular complexity index is 661. The van der Waals surface area contributed by atoms with E-state index in [4.69, 9.17) is 9.47 Å². The van der Waals surface area contributed by atoms with Crippen LogP contribution >= 0.6 is 12.4 Å². The fourth-order valence-electron chi connectivity index (χ4n) is 2.21. The zero-order valence-corrected chi connectivity index (χ0v) is 18.2. The third-order valence-electron chi connectivity index (χ3n) is 3.55. The fraction of sp³-hybridized carbons (Fsp3) is 0.600. The summed E-state index contributed by atoms with van der Waals surface area (Å²) in [5, 5.41) is 13.4. The minimum Gasteiger partial charge on any atom is -0.456 e. The van der Waals surface area contributed by atoms with Gasteiger partial charge in [-0.05, 0) is 73.2 Å². The van der Waals surface area contributed by atoms with Gasteiger partial charge < -0.3 is 19.9 Å². The maximum atomic E-state index is 12.6. The van der Waals surface area contributed by atoms with Crippen molar-refractivity contribution in [2.45, 2.75) is 71.8 Å². The van der Waals surface area contributed by atoms with Crippen LogP contribution in [0.4, 0.5) is 0 Å². The number of nitrogens with one attached hydrogen (secondary N) is 1. The second-order valence-electron chi connectivity index (χ2n) is 8.33. The van der Waals surface area contributed by atoms with Gasteiger partial charge in [-0.15, -0.1) is 12.4 Å². The van der Waals surface area contributed by atoms with Crippen molar-refractivity contribution in [2.75, 3.05) is 7.05 Å². The first-order valence-electron chi connectivity index (χ1n) is 8.71. The van der Waals surface area contributed by atoms with Crippen LogP contribution in [0.5, 0.6) is 0 Å². The smallest absolute Gasteiger partial charge is 0.339 e. The number of ether oxygens (including phenoxy) is 2. The van der Waals surface area contributed by atoms with Crippen LogP contribution in [0.15, 0.2) is 18.2 Å². The van der Waals surface area contributed by atoms with E-state index < -0.39 is 29.2 Å². The predicted octanol–water partition coefficient (Wildman–Crippen LogP) is 3.66. The summed E-state index contributed by atoms with van der Waals surface area (Å²) in [6.45, 7) is 12.3. The molecular formula is C20H32ClNO5. The molecule has 0 aliphatic carbocycles. The summed E-state index contributed by atoms with van der Waals surface area (Å²) in [5.74, 6) is -1.24. The highest BCUT2D eigenvalue weighted by Gasteiger charge is 2.28. The van der Waals surface area contributed by atoms with Gasteiger partial charge in [0.2, 0.25) is 0 Å². The van der Waals surface area contributed by atoms with Crippen LogP contribution in [0.25, 0.3) is 0 Å². The van der Waals surface area contributed by atoms with E-state index in [2.05, 4.69) is 5.32 Å². The molecule has 154 valence electrons.